The molecule has 0 atom stereocenters. The van der Waals surface area contributed by atoms with Crippen LogP contribution in [0.3, 0.4) is 0 Å². The van der Waals surface area contributed by atoms with Gasteiger partial charge in [0, 0.05) is 18.3 Å². The van der Waals surface area contributed by atoms with Crippen LogP contribution in [0.1, 0.15) is 32.7 Å². The molecule has 2 rings (SSSR count). The molecular formula is C14H23N3O. The Morgan fingerprint density at radius 3 is 2.61 bits per heavy atom. The first-order chi connectivity index (χ1) is 8.58. The first-order valence-corrected chi connectivity index (χ1v) is 6.74. The van der Waals surface area contributed by atoms with E-state index in [0.717, 1.165) is 25.9 Å². The highest BCUT2D eigenvalue weighted by molar-refractivity contribution is 5.41. The molecule has 0 unspecified atom stereocenters. The fourth-order valence-corrected chi connectivity index (χ4v) is 2.49. The maximum absolute atomic E-state index is 12.4. The molecule has 1 N–H and O–H groups in total. The zero-order chi connectivity index (χ0) is 13.1. The number of hydrogen-bond acceptors (Lipinski definition) is 3. The molecule has 0 radical (unpaired) electrons. The molecule has 2 heterocycles. The van der Waals surface area contributed by atoms with Crippen LogP contribution in [0.25, 0.3) is 0 Å². The fraction of sp³-hybridized carbons (Fsp3) is 0.643. The van der Waals surface area contributed by atoms with Crippen molar-refractivity contribution >= 4 is 5.69 Å². The number of pyridine rings is 1. The minimum absolute atomic E-state index is 0.112. The largest absolute Gasteiger partial charge is 0.378 e. The van der Waals surface area contributed by atoms with Crippen LogP contribution >= 0.6 is 0 Å². The first-order valence-electron chi connectivity index (χ1n) is 6.74. The van der Waals surface area contributed by atoms with Gasteiger partial charge in [0.25, 0.3) is 5.56 Å². The molecule has 0 saturated carbocycles. The smallest absolute Gasteiger partial charge is 0.274 e. The van der Waals surface area contributed by atoms with Gasteiger partial charge < -0.3 is 14.8 Å². The van der Waals surface area contributed by atoms with E-state index in [0.29, 0.717) is 11.7 Å². The minimum atomic E-state index is 0.112. The summed E-state index contributed by atoms with van der Waals surface area (Å²) in [5.41, 5.74) is 0.826. The third kappa shape index (κ3) is 2.93. The van der Waals surface area contributed by atoms with E-state index >= 15 is 0 Å². The van der Waals surface area contributed by atoms with Crippen molar-refractivity contribution in [3.8, 4) is 0 Å². The molecule has 0 amide bonds. The molecule has 1 aromatic heterocycles. The normalized spacial score (nSPS) is 18.2. The number of aromatic nitrogens is 1. The van der Waals surface area contributed by atoms with Crippen molar-refractivity contribution in [2.45, 2.75) is 38.8 Å². The van der Waals surface area contributed by atoms with Gasteiger partial charge in [-0.25, -0.2) is 0 Å². The van der Waals surface area contributed by atoms with Gasteiger partial charge in [0.05, 0.1) is 0 Å². The maximum atomic E-state index is 12.4. The zero-order valence-corrected chi connectivity index (χ0v) is 11.5. The third-order valence-corrected chi connectivity index (χ3v) is 3.50. The summed E-state index contributed by atoms with van der Waals surface area (Å²) in [5, 5.41) is 3.22. The van der Waals surface area contributed by atoms with E-state index in [1.807, 2.05) is 36.7 Å². The molecule has 0 bridgehead atoms. The third-order valence-electron chi connectivity index (χ3n) is 3.50. The summed E-state index contributed by atoms with van der Waals surface area (Å²) in [4.78, 5) is 14.7. The Labute approximate surface area is 109 Å². The average molecular weight is 249 g/mol. The highest BCUT2D eigenvalue weighted by Crippen LogP contribution is 2.20. The van der Waals surface area contributed by atoms with E-state index in [9.17, 15) is 4.79 Å². The zero-order valence-electron chi connectivity index (χ0n) is 11.5. The molecule has 1 fully saturated rings. The van der Waals surface area contributed by atoms with E-state index in [2.05, 4.69) is 17.3 Å². The number of nitrogens with zero attached hydrogens (tertiary/aromatic N) is 2. The van der Waals surface area contributed by atoms with Gasteiger partial charge in [0.2, 0.25) is 0 Å². The summed E-state index contributed by atoms with van der Waals surface area (Å²) in [6.45, 7) is 6.23. The van der Waals surface area contributed by atoms with Gasteiger partial charge in [-0.15, -0.1) is 0 Å². The molecule has 1 aliphatic rings. The highest BCUT2D eigenvalue weighted by Gasteiger charge is 2.19. The van der Waals surface area contributed by atoms with Crippen LogP contribution < -0.4 is 10.9 Å². The summed E-state index contributed by atoms with van der Waals surface area (Å²) < 4.78 is 1.90. The van der Waals surface area contributed by atoms with E-state index in [1.165, 1.54) is 0 Å². The molecule has 4 nitrogen and oxygen atoms in total. The first kappa shape index (κ1) is 13.1. The van der Waals surface area contributed by atoms with Crippen molar-refractivity contribution in [2.75, 3.05) is 25.5 Å². The maximum Gasteiger partial charge on any atom is 0.274 e. The van der Waals surface area contributed by atoms with Crippen molar-refractivity contribution in [2.24, 2.45) is 0 Å². The number of rotatable bonds is 3. The van der Waals surface area contributed by atoms with Crippen molar-refractivity contribution in [1.29, 1.82) is 0 Å². The number of piperidine rings is 1. The van der Waals surface area contributed by atoms with Crippen LogP contribution in [0.2, 0.25) is 0 Å². The van der Waals surface area contributed by atoms with Crippen molar-refractivity contribution in [1.82, 2.24) is 9.47 Å². The SMILES string of the molecule is CC(C)Nc1cccn(C2CCN(C)CC2)c1=O. The Morgan fingerprint density at radius 2 is 2.00 bits per heavy atom. The van der Waals surface area contributed by atoms with E-state index in [-0.39, 0.29) is 11.6 Å². The molecule has 0 aromatic carbocycles. The van der Waals surface area contributed by atoms with Crippen LogP contribution in [-0.2, 0) is 0 Å². The molecule has 4 heteroatoms. The van der Waals surface area contributed by atoms with Crippen molar-refractivity contribution < 1.29 is 0 Å². The molecular weight excluding hydrogens is 226 g/mol. The van der Waals surface area contributed by atoms with Crippen LogP contribution in [0.4, 0.5) is 5.69 Å². The predicted molar refractivity (Wildman–Crippen MR) is 75.2 cm³/mol. The van der Waals surface area contributed by atoms with Gasteiger partial charge in [-0.3, -0.25) is 4.79 Å². The molecule has 100 valence electrons. The number of hydrogen-bond donors (Lipinski definition) is 1. The van der Waals surface area contributed by atoms with Crippen molar-refractivity contribution in [3.05, 3.63) is 28.7 Å². The topological polar surface area (TPSA) is 37.3 Å². The molecule has 0 spiro atoms. The summed E-state index contributed by atoms with van der Waals surface area (Å²) in [7, 11) is 2.13. The fourth-order valence-electron chi connectivity index (χ4n) is 2.49. The lowest BCUT2D eigenvalue weighted by Gasteiger charge is -2.30. The van der Waals surface area contributed by atoms with Gasteiger partial charge in [0.1, 0.15) is 5.69 Å². The summed E-state index contributed by atoms with van der Waals surface area (Å²) in [6, 6.07) is 4.46. The lowest BCUT2D eigenvalue weighted by atomic mass is 10.1. The van der Waals surface area contributed by atoms with E-state index in [4.69, 9.17) is 0 Å². The molecule has 18 heavy (non-hydrogen) atoms. The van der Waals surface area contributed by atoms with Crippen LogP contribution in [0.5, 0.6) is 0 Å². The van der Waals surface area contributed by atoms with Gasteiger partial charge in [-0.1, -0.05) is 0 Å². The number of likely N-dealkylation sites (tertiary alicyclic amines) is 1. The Morgan fingerprint density at radius 1 is 1.33 bits per heavy atom. The molecule has 1 aromatic rings. The highest BCUT2D eigenvalue weighted by atomic mass is 16.1. The van der Waals surface area contributed by atoms with Gasteiger partial charge in [0.15, 0.2) is 0 Å². The molecule has 1 saturated heterocycles. The van der Waals surface area contributed by atoms with Crippen LogP contribution in [0.15, 0.2) is 23.1 Å². The second-order valence-corrected chi connectivity index (χ2v) is 5.47. The second-order valence-electron chi connectivity index (χ2n) is 5.47. The van der Waals surface area contributed by atoms with Crippen LogP contribution in [-0.4, -0.2) is 35.6 Å². The summed E-state index contributed by atoms with van der Waals surface area (Å²) in [5.74, 6) is 0. The lowest BCUT2D eigenvalue weighted by molar-refractivity contribution is 0.219. The lowest BCUT2D eigenvalue weighted by Crippen LogP contribution is -2.36. The predicted octanol–water partition coefficient (Wildman–Crippen LogP) is 1.94. The average Bonchev–Trinajstić information content (AvgIpc) is 2.33. The van der Waals surface area contributed by atoms with Gasteiger partial charge in [-0.05, 0) is 59.0 Å². The van der Waals surface area contributed by atoms with E-state index in [1.54, 1.807) is 0 Å². The second kappa shape index (κ2) is 5.57. The Hall–Kier alpha value is -1.29. The Balaban J connectivity index is 2.20. The minimum Gasteiger partial charge on any atom is -0.378 e. The van der Waals surface area contributed by atoms with Gasteiger partial charge >= 0.3 is 0 Å². The van der Waals surface area contributed by atoms with Gasteiger partial charge in [-0.2, -0.15) is 0 Å². The van der Waals surface area contributed by atoms with Crippen molar-refractivity contribution in [3.63, 3.8) is 0 Å². The number of anilines is 1. The standard InChI is InChI=1S/C14H23N3O/c1-11(2)15-13-5-4-8-17(14(13)18)12-6-9-16(3)10-7-12/h4-5,8,11-12,15H,6-7,9-10H2,1-3H3. The van der Waals surface area contributed by atoms with E-state index < -0.39 is 0 Å². The monoisotopic (exact) mass is 249 g/mol. The number of nitrogens with one attached hydrogen (secondary N) is 1. The quantitative estimate of drug-likeness (QED) is 0.889. The summed E-state index contributed by atoms with van der Waals surface area (Å²) >= 11 is 0. The molecule has 1 aliphatic heterocycles. The summed E-state index contributed by atoms with van der Waals surface area (Å²) in [6.07, 6.45) is 4.03. The Bertz CT molecular complexity index is 445. The van der Waals surface area contributed by atoms with Crippen LogP contribution in [0, 0.1) is 0 Å². The Kier molecular flexibility index (Phi) is 4.07. The molecule has 0 aliphatic carbocycles.